The molecular weight excluding hydrogens is 236 g/mol. The predicted molar refractivity (Wildman–Crippen MR) is 52.3 cm³/mol. The lowest BCUT2D eigenvalue weighted by Crippen LogP contribution is -2.21. The van der Waals surface area contributed by atoms with Crippen molar-refractivity contribution < 1.29 is 17.6 Å². The van der Waals surface area contributed by atoms with Crippen molar-refractivity contribution in [2.45, 2.75) is 44.6 Å². The number of alkyl halides is 4. The summed E-state index contributed by atoms with van der Waals surface area (Å²) in [6.07, 6.45) is -2.47. The van der Waals surface area contributed by atoms with Crippen molar-refractivity contribution >= 4 is 0 Å². The molecule has 1 aromatic rings. The Labute approximate surface area is 95.6 Å². The van der Waals surface area contributed by atoms with E-state index in [9.17, 15) is 17.6 Å². The van der Waals surface area contributed by atoms with Gasteiger partial charge in [0.15, 0.2) is 0 Å². The molecule has 2 aliphatic rings. The summed E-state index contributed by atoms with van der Waals surface area (Å²) in [6, 6.07) is -0.334. The predicted octanol–water partition coefficient (Wildman–Crippen LogP) is 3.61. The summed E-state index contributed by atoms with van der Waals surface area (Å²) in [6.45, 7) is 3.34. The molecule has 0 amide bonds. The average Bonchev–Trinajstić information content (AvgIpc) is 2.83. The van der Waals surface area contributed by atoms with Crippen LogP contribution in [0.4, 0.5) is 17.6 Å². The van der Waals surface area contributed by atoms with Crippen LogP contribution in [0.2, 0.25) is 0 Å². The van der Waals surface area contributed by atoms with Crippen molar-refractivity contribution in [3.05, 3.63) is 17.0 Å². The number of hydrogen-bond acceptors (Lipinski definition) is 1. The molecule has 2 aliphatic carbocycles. The summed E-state index contributed by atoms with van der Waals surface area (Å²) < 4.78 is 54.6. The second-order valence-electron chi connectivity index (χ2n) is 5.06. The normalized spacial score (nSPS) is 28.7. The highest BCUT2D eigenvalue weighted by Gasteiger charge is 2.67. The van der Waals surface area contributed by atoms with Gasteiger partial charge in [0.2, 0.25) is 0 Å². The van der Waals surface area contributed by atoms with E-state index in [0.29, 0.717) is 6.42 Å². The molecule has 2 unspecified atom stereocenters. The third-order valence-electron chi connectivity index (χ3n) is 3.61. The number of hydrogen-bond donors (Lipinski definition) is 0. The van der Waals surface area contributed by atoms with E-state index < -0.39 is 29.9 Å². The van der Waals surface area contributed by atoms with Crippen LogP contribution < -0.4 is 0 Å². The molecule has 0 saturated heterocycles. The minimum atomic E-state index is -3.00. The molecule has 0 N–H and O–H groups in total. The number of rotatable bonds is 2. The fourth-order valence-electron chi connectivity index (χ4n) is 2.79. The van der Waals surface area contributed by atoms with Crippen molar-refractivity contribution in [2.24, 2.45) is 5.92 Å². The van der Waals surface area contributed by atoms with Gasteiger partial charge in [0.05, 0.1) is 0 Å². The Morgan fingerprint density at radius 3 is 2.53 bits per heavy atom. The first kappa shape index (κ1) is 11.0. The summed E-state index contributed by atoms with van der Waals surface area (Å²) in [5.74, 6) is -4.18. The van der Waals surface area contributed by atoms with E-state index in [1.54, 1.807) is 13.8 Å². The van der Waals surface area contributed by atoms with Gasteiger partial charge in [-0.3, -0.25) is 4.68 Å². The Bertz CT molecular complexity index is 478. The molecule has 17 heavy (non-hydrogen) atoms. The molecular formula is C11H12F4N2. The molecule has 1 heterocycles. The van der Waals surface area contributed by atoms with Crippen LogP contribution in [0.3, 0.4) is 0 Å². The van der Waals surface area contributed by atoms with Gasteiger partial charge < -0.3 is 0 Å². The molecule has 0 aliphatic heterocycles. The monoisotopic (exact) mass is 248 g/mol. The van der Waals surface area contributed by atoms with Gasteiger partial charge in [0.1, 0.15) is 11.4 Å². The van der Waals surface area contributed by atoms with Crippen LogP contribution in [0.25, 0.3) is 0 Å². The Morgan fingerprint density at radius 2 is 2.00 bits per heavy atom. The zero-order valence-electron chi connectivity index (χ0n) is 9.42. The van der Waals surface area contributed by atoms with Gasteiger partial charge in [0, 0.05) is 17.5 Å². The number of fused-ring (bicyclic) bond motifs is 3. The van der Waals surface area contributed by atoms with Crippen LogP contribution in [0.1, 0.15) is 55.6 Å². The number of nitrogens with zero attached hydrogens (tertiary/aromatic N) is 2. The maximum absolute atomic E-state index is 14.0. The van der Waals surface area contributed by atoms with Crippen molar-refractivity contribution in [3.63, 3.8) is 0 Å². The van der Waals surface area contributed by atoms with E-state index in [4.69, 9.17) is 0 Å². The minimum absolute atomic E-state index is 0.115. The van der Waals surface area contributed by atoms with E-state index in [1.807, 2.05) is 0 Å². The smallest absolute Gasteiger partial charge is 0.260 e. The standard InChI is InChI=1S/C11H12F4N2/c1-4(2)17-9-7(8(16-17)10(12)13)5-3-6(5)11(9,14)15/h4-6,10H,3H2,1-2H3. The van der Waals surface area contributed by atoms with Crippen LogP contribution in [-0.2, 0) is 5.92 Å². The topological polar surface area (TPSA) is 17.8 Å². The molecule has 2 atom stereocenters. The van der Waals surface area contributed by atoms with E-state index in [1.165, 1.54) is 0 Å². The summed E-state index contributed by atoms with van der Waals surface area (Å²) in [5.41, 5.74) is -0.605. The fourth-order valence-corrected chi connectivity index (χ4v) is 2.79. The van der Waals surface area contributed by atoms with Crippen molar-refractivity contribution in [2.75, 3.05) is 0 Å². The second-order valence-corrected chi connectivity index (χ2v) is 5.06. The highest BCUT2D eigenvalue weighted by molar-refractivity contribution is 5.46. The first-order chi connectivity index (χ1) is 7.85. The Balaban J connectivity index is 2.23. The van der Waals surface area contributed by atoms with Gasteiger partial charge in [0.25, 0.3) is 12.3 Å². The lowest BCUT2D eigenvalue weighted by Gasteiger charge is -2.17. The van der Waals surface area contributed by atoms with Gasteiger partial charge in [-0.1, -0.05) is 0 Å². The maximum Gasteiger partial charge on any atom is 0.293 e. The molecule has 0 radical (unpaired) electrons. The van der Waals surface area contributed by atoms with Gasteiger partial charge in [-0.15, -0.1) is 0 Å². The highest BCUT2D eigenvalue weighted by Crippen LogP contribution is 2.68. The highest BCUT2D eigenvalue weighted by atomic mass is 19.3. The fraction of sp³-hybridized carbons (Fsp3) is 0.727. The van der Waals surface area contributed by atoms with E-state index >= 15 is 0 Å². The van der Waals surface area contributed by atoms with Crippen molar-refractivity contribution in [1.82, 2.24) is 9.78 Å². The second kappa shape index (κ2) is 3.03. The summed E-state index contributed by atoms with van der Waals surface area (Å²) in [4.78, 5) is 0. The number of halogens is 4. The first-order valence-corrected chi connectivity index (χ1v) is 5.64. The van der Waals surface area contributed by atoms with Crippen LogP contribution in [-0.4, -0.2) is 9.78 Å². The zero-order valence-corrected chi connectivity index (χ0v) is 9.42. The molecule has 6 heteroatoms. The summed E-state index contributed by atoms with van der Waals surface area (Å²) in [5, 5.41) is 3.69. The van der Waals surface area contributed by atoms with E-state index in [0.717, 1.165) is 4.68 Å². The van der Waals surface area contributed by atoms with Crippen molar-refractivity contribution in [1.29, 1.82) is 0 Å². The minimum Gasteiger partial charge on any atom is -0.260 e. The lowest BCUT2D eigenvalue weighted by atomic mass is 10.1. The Morgan fingerprint density at radius 1 is 1.35 bits per heavy atom. The zero-order chi connectivity index (χ0) is 12.5. The van der Waals surface area contributed by atoms with Crippen LogP contribution in [0.15, 0.2) is 0 Å². The summed E-state index contributed by atoms with van der Waals surface area (Å²) in [7, 11) is 0. The molecule has 1 fully saturated rings. The quantitative estimate of drug-likeness (QED) is 0.731. The van der Waals surface area contributed by atoms with Gasteiger partial charge >= 0.3 is 0 Å². The molecule has 94 valence electrons. The molecule has 0 spiro atoms. The van der Waals surface area contributed by atoms with Crippen LogP contribution in [0.5, 0.6) is 0 Å². The SMILES string of the molecule is CC(C)n1nc(C(F)F)c2c1C(F)(F)C1CC21. The van der Waals surface area contributed by atoms with Crippen LogP contribution >= 0.6 is 0 Å². The molecule has 2 nitrogen and oxygen atoms in total. The Kier molecular flexibility index (Phi) is 1.97. The van der Waals surface area contributed by atoms with Crippen molar-refractivity contribution in [3.8, 4) is 0 Å². The lowest BCUT2D eigenvalue weighted by molar-refractivity contribution is -0.0319. The maximum atomic E-state index is 14.0. The summed E-state index contributed by atoms with van der Waals surface area (Å²) >= 11 is 0. The molecule has 3 rings (SSSR count). The molecule has 1 saturated carbocycles. The van der Waals surface area contributed by atoms with Crippen LogP contribution in [0, 0.1) is 5.92 Å². The third-order valence-corrected chi connectivity index (χ3v) is 3.61. The average molecular weight is 248 g/mol. The van der Waals surface area contributed by atoms with Gasteiger partial charge in [-0.2, -0.15) is 13.9 Å². The number of aromatic nitrogens is 2. The Hall–Kier alpha value is -1.07. The first-order valence-electron chi connectivity index (χ1n) is 5.64. The molecule has 0 aromatic carbocycles. The molecule has 1 aromatic heterocycles. The molecule has 0 bridgehead atoms. The third kappa shape index (κ3) is 1.24. The van der Waals surface area contributed by atoms with Gasteiger partial charge in [-0.25, -0.2) is 8.78 Å². The van der Waals surface area contributed by atoms with E-state index in [-0.39, 0.29) is 17.3 Å². The van der Waals surface area contributed by atoms with E-state index in [2.05, 4.69) is 5.10 Å². The largest absolute Gasteiger partial charge is 0.293 e. The van der Waals surface area contributed by atoms with Gasteiger partial charge in [-0.05, 0) is 26.2 Å².